The molecule has 1 aliphatic rings. The lowest BCUT2D eigenvalue weighted by Gasteiger charge is -2.05. The van der Waals surface area contributed by atoms with E-state index in [9.17, 15) is 4.39 Å². The van der Waals surface area contributed by atoms with Gasteiger partial charge in [-0.05, 0) is 12.8 Å². The van der Waals surface area contributed by atoms with Crippen molar-refractivity contribution < 1.29 is 4.39 Å². The van der Waals surface area contributed by atoms with Crippen molar-refractivity contribution in [2.24, 2.45) is 0 Å². The molecule has 1 fully saturated rings. The standard InChI is InChI=1S/C5H10FN/c6-5-7-3-1-2-4-7/h1-5H2. The summed E-state index contributed by atoms with van der Waals surface area (Å²) >= 11 is 0. The lowest BCUT2D eigenvalue weighted by Crippen LogP contribution is -2.16. The lowest BCUT2D eigenvalue weighted by atomic mass is 10.4. The zero-order chi connectivity index (χ0) is 5.11. The number of nitrogens with zero attached hydrogens (tertiary/aromatic N) is 1. The molecule has 1 saturated heterocycles. The highest BCUT2D eigenvalue weighted by molar-refractivity contribution is 4.61. The van der Waals surface area contributed by atoms with Gasteiger partial charge < -0.3 is 0 Å². The van der Waals surface area contributed by atoms with E-state index in [-0.39, 0.29) is 6.80 Å². The van der Waals surface area contributed by atoms with Gasteiger partial charge in [0.25, 0.3) is 0 Å². The van der Waals surface area contributed by atoms with Crippen molar-refractivity contribution in [1.82, 2.24) is 4.90 Å². The second kappa shape index (κ2) is 2.26. The van der Waals surface area contributed by atoms with Gasteiger partial charge in [0.05, 0.1) is 0 Å². The molecule has 0 aliphatic carbocycles. The molecule has 0 unspecified atom stereocenters. The van der Waals surface area contributed by atoms with Crippen molar-refractivity contribution >= 4 is 0 Å². The molecule has 0 aromatic heterocycles. The maximum Gasteiger partial charge on any atom is 0.143 e. The number of hydrogen-bond donors (Lipinski definition) is 0. The first-order chi connectivity index (χ1) is 3.43. The van der Waals surface area contributed by atoms with E-state index in [0.29, 0.717) is 0 Å². The molecule has 0 aromatic carbocycles. The van der Waals surface area contributed by atoms with Gasteiger partial charge in [-0.1, -0.05) is 0 Å². The van der Waals surface area contributed by atoms with E-state index in [1.54, 1.807) is 0 Å². The van der Waals surface area contributed by atoms with Crippen LogP contribution in [0.4, 0.5) is 4.39 Å². The van der Waals surface area contributed by atoms with Crippen molar-refractivity contribution in [1.29, 1.82) is 0 Å². The first-order valence-electron chi connectivity index (χ1n) is 2.72. The minimum absolute atomic E-state index is 0.250. The zero-order valence-electron chi connectivity index (χ0n) is 4.36. The fourth-order valence-electron chi connectivity index (χ4n) is 0.902. The second-order valence-corrected chi connectivity index (χ2v) is 1.94. The Hall–Kier alpha value is -0.110. The molecule has 1 heterocycles. The highest BCUT2D eigenvalue weighted by Gasteiger charge is 2.08. The van der Waals surface area contributed by atoms with Gasteiger partial charge in [-0.3, -0.25) is 4.90 Å². The van der Waals surface area contributed by atoms with Crippen LogP contribution in [0.3, 0.4) is 0 Å². The summed E-state index contributed by atoms with van der Waals surface area (Å²) in [6, 6.07) is 0. The Kier molecular flexibility index (Phi) is 1.63. The molecular formula is C5H10FN. The van der Waals surface area contributed by atoms with Crippen molar-refractivity contribution in [2.45, 2.75) is 12.8 Å². The van der Waals surface area contributed by atoms with E-state index in [4.69, 9.17) is 0 Å². The van der Waals surface area contributed by atoms with E-state index in [0.717, 1.165) is 13.1 Å². The van der Waals surface area contributed by atoms with Gasteiger partial charge in [-0.15, -0.1) is 0 Å². The van der Waals surface area contributed by atoms with Crippen LogP contribution in [0.1, 0.15) is 12.8 Å². The second-order valence-electron chi connectivity index (χ2n) is 1.94. The fraction of sp³-hybridized carbons (Fsp3) is 1.00. The molecule has 1 nitrogen and oxygen atoms in total. The van der Waals surface area contributed by atoms with Crippen LogP contribution >= 0.6 is 0 Å². The van der Waals surface area contributed by atoms with Gasteiger partial charge in [0.2, 0.25) is 0 Å². The Balaban J connectivity index is 2.14. The Morgan fingerprint density at radius 3 is 2.14 bits per heavy atom. The minimum Gasteiger partial charge on any atom is -0.277 e. The van der Waals surface area contributed by atoms with Gasteiger partial charge in [-0.2, -0.15) is 0 Å². The number of likely N-dealkylation sites (tertiary alicyclic amines) is 1. The summed E-state index contributed by atoms with van der Waals surface area (Å²) in [6.45, 7) is 1.69. The molecule has 0 amide bonds. The van der Waals surface area contributed by atoms with Crippen LogP contribution < -0.4 is 0 Å². The van der Waals surface area contributed by atoms with Crippen LogP contribution in [-0.2, 0) is 0 Å². The lowest BCUT2D eigenvalue weighted by molar-refractivity contribution is 0.225. The van der Waals surface area contributed by atoms with Crippen molar-refractivity contribution in [2.75, 3.05) is 19.9 Å². The predicted octanol–water partition coefficient (Wildman–Crippen LogP) is 1.01. The molecule has 0 atom stereocenters. The third-order valence-electron chi connectivity index (χ3n) is 1.37. The van der Waals surface area contributed by atoms with E-state index < -0.39 is 0 Å². The van der Waals surface area contributed by atoms with E-state index >= 15 is 0 Å². The molecule has 7 heavy (non-hydrogen) atoms. The topological polar surface area (TPSA) is 3.24 Å². The van der Waals surface area contributed by atoms with Gasteiger partial charge in [0.15, 0.2) is 0 Å². The summed E-state index contributed by atoms with van der Waals surface area (Å²) in [7, 11) is 0. The largest absolute Gasteiger partial charge is 0.277 e. The van der Waals surface area contributed by atoms with Crippen molar-refractivity contribution in [3.63, 3.8) is 0 Å². The molecule has 1 rings (SSSR count). The molecule has 0 spiro atoms. The molecule has 0 saturated carbocycles. The number of halogens is 1. The van der Waals surface area contributed by atoms with Gasteiger partial charge in [0.1, 0.15) is 6.80 Å². The fourth-order valence-corrected chi connectivity index (χ4v) is 0.902. The Bertz CT molecular complexity index is 50.0. The summed E-state index contributed by atoms with van der Waals surface area (Å²) in [4.78, 5) is 1.82. The maximum absolute atomic E-state index is 11.6. The van der Waals surface area contributed by atoms with Crippen molar-refractivity contribution in [3.05, 3.63) is 0 Å². The molecule has 0 bridgehead atoms. The van der Waals surface area contributed by atoms with Crippen LogP contribution in [-0.4, -0.2) is 24.8 Å². The van der Waals surface area contributed by atoms with Gasteiger partial charge in [-0.25, -0.2) is 4.39 Å². The van der Waals surface area contributed by atoms with Crippen LogP contribution in [0.25, 0.3) is 0 Å². The summed E-state index contributed by atoms with van der Waals surface area (Å²) in [5.74, 6) is 0. The quantitative estimate of drug-likeness (QED) is 0.448. The SMILES string of the molecule is FCN1CCCC1. The molecular weight excluding hydrogens is 93.1 g/mol. The van der Waals surface area contributed by atoms with E-state index in [1.807, 2.05) is 4.90 Å². The summed E-state index contributed by atoms with van der Waals surface area (Å²) in [5.41, 5.74) is 0. The summed E-state index contributed by atoms with van der Waals surface area (Å²) in [5, 5.41) is 0. The van der Waals surface area contributed by atoms with Crippen LogP contribution in [0, 0.1) is 0 Å². The number of rotatable bonds is 1. The monoisotopic (exact) mass is 103 g/mol. The summed E-state index contributed by atoms with van der Waals surface area (Å²) in [6.07, 6.45) is 2.37. The average molecular weight is 103 g/mol. The smallest absolute Gasteiger partial charge is 0.143 e. The normalized spacial score (nSPS) is 23.6. The molecule has 0 aromatic rings. The number of hydrogen-bond acceptors (Lipinski definition) is 1. The molecule has 1 aliphatic heterocycles. The van der Waals surface area contributed by atoms with Crippen molar-refractivity contribution in [3.8, 4) is 0 Å². The van der Waals surface area contributed by atoms with Crippen LogP contribution in [0.15, 0.2) is 0 Å². The Morgan fingerprint density at radius 1 is 1.29 bits per heavy atom. The Morgan fingerprint density at radius 2 is 1.86 bits per heavy atom. The van der Waals surface area contributed by atoms with Crippen LogP contribution in [0.2, 0.25) is 0 Å². The number of alkyl halides is 1. The summed E-state index contributed by atoms with van der Waals surface area (Å²) < 4.78 is 11.6. The molecule has 0 N–H and O–H groups in total. The van der Waals surface area contributed by atoms with Crippen LogP contribution in [0.5, 0.6) is 0 Å². The zero-order valence-corrected chi connectivity index (χ0v) is 4.36. The highest BCUT2D eigenvalue weighted by atomic mass is 19.1. The predicted molar refractivity (Wildman–Crippen MR) is 26.8 cm³/mol. The van der Waals surface area contributed by atoms with E-state index in [1.165, 1.54) is 12.8 Å². The third kappa shape index (κ3) is 1.13. The molecule has 42 valence electrons. The highest BCUT2D eigenvalue weighted by Crippen LogP contribution is 2.05. The Labute approximate surface area is 43.1 Å². The molecule has 2 heteroatoms. The average Bonchev–Trinajstić information content (AvgIpc) is 2.14. The van der Waals surface area contributed by atoms with Gasteiger partial charge >= 0.3 is 0 Å². The minimum atomic E-state index is -0.250. The van der Waals surface area contributed by atoms with Gasteiger partial charge in [0, 0.05) is 13.1 Å². The first-order valence-corrected chi connectivity index (χ1v) is 2.72. The molecule has 0 radical (unpaired) electrons. The van der Waals surface area contributed by atoms with E-state index in [2.05, 4.69) is 0 Å². The third-order valence-corrected chi connectivity index (χ3v) is 1.37. The first kappa shape index (κ1) is 5.04. The maximum atomic E-state index is 11.6.